The fourth-order valence-electron chi connectivity index (χ4n) is 1.23. The smallest absolute Gasteiger partial charge is 0.220 e. The van der Waals surface area contributed by atoms with Gasteiger partial charge in [-0.3, -0.25) is 10.1 Å². The van der Waals surface area contributed by atoms with Crippen molar-refractivity contribution >= 4 is 11.6 Å². The van der Waals surface area contributed by atoms with E-state index in [2.05, 4.69) is 15.8 Å². The van der Waals surface area contributed by atoms with Gasteiger partial charge < -0.3 is 5.32 Å². The molecule has 1 amide bonds. The predicted molar refractivity (Wildman–Crippen MR) is 62.0 cm³/mol. The van der Waals surface area contributed by atoms with E-state index in [4.69, 9.17) is 0 Å². The molecule has 1 rings (SSSR count). The summed E-state index contributed by atoms with van der Waals surface area (Å²) in [4.78, 5) is 21.4. The van der Waals surface area contributed by atoms with Crippen LogP contribution < -0.4 is 10.6 Å². The number of nitrogens with zero attached hydrogens (tertiary/aromatic N) is 1. The zero-order valence-corrected chi connectivity index (χ0v) is 9.19. The summed E-state index contributed by atoms with van der Waals surface area (Å²) in [5, 5.41) is 8.62. The van der Waals surface area contributed by atoms with Crippen LogP contribution in [0.2, 0.25) is 0 Å². The molecule has 0 saturated heterocycles. The summed E-state index contributed by atoms with van der Waals surface area (Å²) in [6, 6.07) is 7.09. The van der Waals surface area contributed by atoms with Crippen LogP contribution in [0.25, 0.3) is 0 Å². The van der Waals surface area contributed by atoms with E-state index in [1.54, 1.807) is 19.1 Å². The van der Waals surface area contributed by atoms with E-state index in [1.807, 2.05) is 12.1 Å². The number of amides is 1. The van der Waals surface area contributed by atoms with Gasteiger partial charge in [-0.2, -0.15) is 0 Å². The Balaban J connectivity index is 2.37. The maximum atomic E-state index is 10.9. The lowest BCUT2D eigenvalue weighted by Gasteiger charge is -2.07. The molecule has 0 aliphatic heterocycles. The van der Waals surface area contributed by atoms with Crippen molar-refractivity contribution in [3.05, 3.63) is 34.7 Å². The van der Waals surface area contributed by atoms with Gasteiger partial charge in [-0.05, 0) is 16.8 Å². The Morgan fingerprint density at radius 2 is 2.12 bits per heavy atom. The van der Waals surface area contributed by atoms with E-state index >= 15 is 0 Å². The minimum atomic E-state index is -0.00528. The molecule has 0 aliphatic carbocycles. The Morgan fingerprint density at radius 3 is 2.81 bits per heavy atom. The zero-order chi connectivity index (χ0) is 11.8. The third-order valence-electron chi connectivity index (χ3n) is 2.14. The van der Waals surface area contributed by atoms with E-state index in [9.17, 15) is 9.70 Å². The summed E-state index contributed by atoms with van der Waals surface area (Å²) in [6.45, 7) is 2.69. The van der Waals surface area contributed by atoms with Crippen LogP contribution in [0.4, 0.5) is 5.69 Å². The molecule has 0 fully saturated rings. The lowest BCUT2D eigenvalue weighted by Crippen LogP contribution is -2.32. The number of nitrogens with one attached hydrogen (secondary N) is 2. The zero-order valence-electron chi connectivity index (χ0n) is 9.19. The lowest BCUT2D eigenvalue weighted by atomic mass is 10.2. The van der Waals surface area contributed by atoms with Crippen LogP contribution >= 0.6 is 0 Å². The number of carbonyl (C=O) groups excluding carboxylic acids is 1. The Hall–Kier alpha value is -1.75. The molecule has 0 spiro atoms. The standard InChI is InChI=1S/C11H15N3O2/c1-2-11(15)13-8-12-7-9-5-3-4-6-10(9)14-16/h3-6,12H,2,7-8H2,1H3,(H,13,15). The molecule has 16 heavy (non-hydrogen) atoms. The van der Waals surface area contributed by atoms with Crippen molar-refractivity contribution in [2.24, 2.45) is 5.18 Å². The van der Waals surface area contributed by atoms with E-state index < -0.39 is 0 Å². The average molecular weight is 221 g/mol. The first-order valence-corrected chi connectivity index (χ1v) is 5.16. The second kappa shape index (κ2) is 6.68. The molecular formula is C11H15N3O2. The molecule has 0 heterocycles. The Morgan fingerprint density at radius 1 is 1.38 bits per heavy atom. The van der Waals surface area contributed by atoms with Crippen molar-refractivity contribution in [2.75, 3.05) is 6.67 Å². The van der Waals surface area contributed by atoms with Crippen LogP contribution in [0.15, 0.2) is 29.4 Å². The summed E-state index contributed by atoms with van der Waals surface area (Å²) < 4.78 is 0. The minimum Gasteiger partial charge on any atom is -0.344 e. The fraction of sp³-hybridized carbons (Fsp3) is 0.364. The first kappa shape index (κ1) is 12.3. The Bertz CT molecular complexity index is 366. The molecule has 5 heteroatoms. The van der Waals surface area contributed by atoms with Crippen molar-refractivity contribution < 1.29 is 4.79 Å². The van der Waals surface area contributed by atoms with Gasteiger partial charge in [0.1, 0.15) is 5.69 Å². The monoisotopic (exact) mass is 221 g/mol. The van der Waals surface area contributed by atoms with Crippen LogP contribution in [-0.2, 0) is 11.3 Å². The van der Waals surface area contributed by atoms with Gasteiger partial charge in [0.2, 0.25) is 5.91 Å². The van der Waals surface area contributed by atoms with E-state index in [-0.39, 0.29) is 5.91 Å². The summed E-state index contributed by atoms with van der Waals surface area (Å²) in [5.74, 6) is -0.00528. The van der Waals surface area contributed by atoms with Crippen LogP contribution in [0.5, 0.6) is 0 Å². The average Bonchev–Trinajstić information content (AvgIpc) is 2.34. The second-order valence-electron chi connectivity index (χ2n) is 3.28. The SMILES string of the molecule is CCC(=O)NCNCc1ccccc1N=O. The third-order valence-corrected chi connectivity index (χ3v) is 2.14. The molecule has 0 aliphatic rings. The molecule has 1 aromatic carbocycles. The van der Waals surface area contributed by atoms with Crippen molar-refractivity contribution in [1.82, 2.24) is 10.6 Å². The fourth-order valence-corrected chi connectivity index (χ4v) is 1.23. The maximum absolute atomic E-state index is 10.9. The van der Waals surface area contributed by atoms with E-state index in [1.165, 1.54) is 0 Å². The van der Waals surface area contributed by atoms with Crippen LogP contribution in [0, 0.1) is 4.91 Å². The lowest BCUT2D eigenvalue weighted by molar-refractivity contribution is -0.120. The van der Waals surface area contributed by atoms with E-state index in [0.29, 0.717) is 25.3 Å². The highest BCUT2D eigenvalue weighted by Crippen LogP contribution is 2.17. The van der Waals surface area contributed by atoms with Crippen molar-refractivity contribution in [3.8, 4) is 0 Å². The number of nitroso groups, excluding NO2 is 1. The van der Waals surface area contributed by atoms with Crippen LogP contribution in [0.3, 0.4) is 0 Å². The van der Waals surface area contributed by atoms with Gasteiger partial charge >= 0.3 is 0 Å². The topological polar surface area (TPSA) is 70.6 Å². The van der Waals surface area contributed by atoms with Gasteiger partial charge in [0, 0.05) is 13.0 Å². The first-order valence-electron chi connectivity index (χ1n) is 5.16. The highest BCUT2D eigenvalue weighted by Gasteiger charge is 2.01. The minimum absolute atomic E-state index is 0.00528. The summed E-state index contributed by atoms with van der Waals surface area (Å²) in [7, 11) is 0. The molecule has 5 nitrogen and oxygen atoms in total. The molecule has 0 atom stereocenters. The Labute approximate surface area is 94.2 Å². The molecule has 0 saturated carbocycles. The van der Waals surface area contributed by atoms with Crippen molar-refractivity contribution in [3.63, 3.8) is 0 Å². The van der Waals surface area contributed by atoms with Gasteiger partial charge in [-0.25, -0.2) is 0 Å². The highest BCUT2D eigenvalue weighted by atomic mass is 16.3. The summed E-state index contributed by atoms with van der Waals surface area (Å²) >= 11 is 0. The molecule has 0 radical (unpaired) electrons. The number of hydrogen-bond donors (Lipinski definition) is 2. The van der Waals surface area contributed by atoms with Gasteiger partial charge in [-0.15, -0.1) is 4.91 Å². The van der Waals surface area contributed by atoms with Gasteiger partial charge in [0.25, 0.3) is 0 Å². The molecule has 0 unspecified atom stereocenters. The molecular weight excluding hydrogens is 206 g/mol. The first-order chi connectivity index (χ1) is 7.77. The number of benzene rings is 1. The summed E-state index contributed by atoms with van der Waals surface area (Å²) in [5.41, 5.74) is 1.25. The van der Waals surface area contributed by atoms with E-state index in [0.717, 1.165) is 5.56 Å². The normalized spacial score (nSPS) is 9.81. The van der Waals surface area contributed by atoms with Crippen molar-refractivity contribution in [2.45, 2.75) is 19.9 Å². The predicted octanol–water partition coefficient (Wildman–Crippen LogP) is 1.66. The quantitative estimate of drug-likeness (QED) is 0.436. The van der Waals surface area contributed by atoms with Gasteiger partial charge in [0.05, 0.1) is 6.67 Å². The number of carbonyl (C=O) groups is 1. The molecule has 86 valence electrons. The number of hydrogen-bond acceptors (Lipinski definition) is 4. The largest absolute Gasteiger partial charge is 0.344 e. The number of rotatable bonds is 6. The molecule has 2 N–H and O–H groups in total. The third kappa shape index (κ3) is 3.78. The second-order valence-corrected chi connectivity index (χ2v) is 3.28. The summed E-state index contributed by atoms with van der Waals surface area (Å²) in [6.07, 6.45) is 0.466. The molecule has 1 aromatic rings. The van der Waals surface area contributed by atoms with Crippen LogP contribution in [0.1, 0.15) is 18.9 Å². The van der Waals surface area contributed by atoms with Gasteiger partial charge in [-0.1, -0.05) is 25.1 Å². The maximum Gasteiger partial charge on any atom is 0.220 e. The van der Waals surface area contributed by atoms with Gasteiger partial charge in [0.15, 0.2) is 0 Å². The van der Waals surface area contributed by atoms with Crippen LogP contribution in [-0.4, -0.2) is 12.6 Å². The van der Waals surface area contributed by atoms with Crippen molar-refractivity contribution in [1.29, 1.82) is 0 Å². The Kier molecular flexibility index (Phi) is 5.15. The molecule has 0 bridgehead atoms. The highest BCUT2D eigenvalue weighted by molar-refractivity contribution is 5.75. The molecule has 0 aromatic heterocycles.